The van der Waals surface area contributed by atoms with Gasteiger partial charge in [-0.2, -0.15) is 4.31 Å². The van der Waals surface area contributed by atoms with Crippen LogP contribution >= 0.6 is 22.7 Å². The Morgan fingerprint density at radius 2 is 2.14 bits per heavy atom. The van der Waals surface area contributed by atoms with E-state index in [4.69, 9.17) is 5.73 Å². The summed E-state index contributed by atoms with van der Waals surface area (Å²) in [5.74, 6) is 0. The fraction of sp³-hybridized carbons (Fsp3) is 0.429. The third kappa shape index (κ3) is 2.93. The molecule has 2 aromatic rings. The molecule has 114 valence electrons. The molecule has 0 spiro atoms. The molecule has 0 aromatic carbocycles. The van der Waals surface area contributed by atoms with Gasteiger partial charge < -0.3 is 5.73 Å². The lowest BCUT2D eigenvalue weighted by Crippen LogP contribution is -2.33. The van der Waals surface area contributed by atoms with Crippen LogP contribution in [0.3, 0.4) is 0 Å². The van der Waals surface area contributed by atoms with Crippen molar-refractivity contribution in [1.29, 1.82) is 0 Å². The van der Waals surface area contributed by atoms with Crippen molar-refractivity contribution in [1.82, 2.24) is 4.31 Å². The minimum Gasteiger partial charge on any atom is -0.326 e. The van der Waals surface area contributed by atoms with Gasteiger partial charge in [-0.3, -0.25) is 0 Å². The van der Waals surface area contributed by atoms with Crippen LogP contribution in [0.15, 0.2) is 27.8 Å². The molecule has 1 saturated carbocycles. The number of nitrogens with two attached hydrogens (primary N) is 1. The smallest absolute Gasteiger partial charge is 0.245 e. The molecule has 2 aromatic heterocycles. The van der Waals surface area contributed by atoms with E-state index < -0.39 is 10.0 Å². The van der Waals surface area contributed by atoms with Crippen molar-refractivity contribution in [3.05, 3.63) is 38.2 Å². The highest BCUT2D eigenvalue weighted by molar-refractivity contribution is 7.89. The fourth-order valence-electron chi connectivity index (χ4n) is 2.42. The van der Waals surface area contributed by atoms with Crippen LogP contribution in [0.4, 0.5) is 0 Å². The standard InChI is InChI=1S/C14H18N2O2S3/c1-10-9-20-13(7-15)14(10)21(17,18)16(11-4-5-11)8-12-3-2-6-19-12/h2-3,6,9,11H,4-5,7-8,15H2,1H3. The molecule has 1 fully saturated rings. The Kier molecular flexibility index (Phi) is 4.20. The van der Waals surface area contributed by atoms with Crippen LogP contribution in [0.25, 0.3) is 0 Å². The topological polar surface area (TPSA) is 63.4 Å². The lowest BCUT2D eigenvalue weighted by molar-refractivity contribution is 0.401. The first-order chi connectivity index (χ1) is 10.0. The maximum Gasteiger partial charge on any atom is 0.245 e. The van der Waals surface area contributed by atoms with Crippen molar-refractivity contribution < 1.29 is 8.42 Å². The van der Waals surface area contributed by atoms with Gasteiger partial charge in [0.15, 0.2) is 0 Å². The molecule has 0 atom stereocenters. The van der Waals surface area contributed by atoms with Crippen LogP contribution < -0.4 is 5.73 Å². The molecule has 2 heterocycles. The lowest BCUT2D eigenvalue weighted by atomic mass is 10.3. The summed E-state index contributed by atoms with van der Waals surface area (Å²) >= 11 is 3.03. The van der Waals surface area contributed by atoms with Crippen molar-refractivity contribution in [2.45, 2.75) is 43.8 Å². The average Bonchev–Trinajstić information content (AvgIpc) is 3.00. The molecule has 2 N–H and O–H groups in total. The van der Waals surface area contributed by atoms with E-state index in [9.17, 15) is 8.42 Å². The Bertz CT molecular complexity index is 715. The Labute approximate surface area is 133 Å². The van der Waals surface area contributed by atoms with E-state index in [1.165, 1.54) is 11.3 Å². The molecule has 7 heteroatoms. The summed E-state index contributed by atoms with van der Waals surface area (Å²) in [7, 11) is -3.47. The van der Waals surface area contributed by atoms with Crippen molar-refractivity contribution >= 4 is 32.7 Å². The Hall–Kier alpha value is -0.730. The van der Waals surface area contributed by atoms with Gasteiger partial charge in [-0.05, 0) is 42.2 Å². The highest BCUT2D eigenvalue weighted by Crippen LogP contribution is 2.37. The second-order valence-electron chi connectivity index (χ2n) is 5.24. The van der Waals surface area contributed by atoms with Crippen molar-refractivity contribution in [2.75, 3.05) is 0 Å². The van der Waals surface area contributed by atoms with Crippen LogP contribution in [0, 0.1) is 6.92 Å². The molecule has 0 unspecified atom stereocenters. The van der Waals surface area contributed by atoms with Crippen molar-refractivity contribution in [3.63, 3.8) is 0 Å². The molecule has 4 nitrogen and oxygen atoms in total. The second-order valence-corrected chi connectivity index (χ2v) is 9.06. The summed E-state index contributed by atoms with van der Waals surface area (Å²) in [4.78, 5) is 2.26. The first kappa shape index (κ1) is 15.2. The van der Waals surface area contributed by atoms with Crippen molar-refractivity contribution in [3.8, 4) is 0 Å². The third-order valence-electron chi connectivity index (χ3n) is 3.59. The van der Waals surface area contributed by atoms with Gasteiger partial charge in [0.1, 0.15) is 4.90 Å². The number of sulfonamides is 1. The highest BCUT2D eigenvalue weighted by Gasteiger charge is 2.40. The fourth-order valence-corrected chi connectivity index (χ4v) is 6.52. The first-order valence-corrected chi connectivity index (χ1v) is 10.0. The summed E-state index contributed by atoms with van der Waals surface area (Å²) < 4.78 is 27.8. The molecule has 0 saturated heterocycles. The maximum atomic E-state index is 13.1. The molecular formula is C14H18N2O2S3. The Morgan fingerprint density at radius 1 is 1.38 bits per heavy atom. The number of rotatable bonds is 6. The Balaban J connectivity index is 1.99. The molecule has 3 rings (SSSR count). The molecule has 1 aliphatic carbocycles. The highest BCUT2D eigenvalue weighted by atomic mass is 32.2. The van der Waals surface area contributed by atoms with Crippen molar-refractivity contribution in [2.24, 2.45) is 5.73 Å². The van der Waals surface area contributed by atoms with Gasteiger partial charge in [0.05, 0.1) is 0 Å². The van der Waals surface area contributed by atoms with Crippen LogP contribution in [0.5, 0.6) is 0 Å². The predicted molar refractivity (Wildman–Crippen MR) is 87.0 cm³/mol. The number of aryl methyl sites for hydroxylation is 1. The van der Waals surface area contributed by atoms with Crippen LogP contribution in [-0.2, 0) is 23.1 Å². The molecule has 0 amide bonds. The number of thiophene rings is 2. The molecule has 1 aliphatic rings. The average molecular weight is 343 g/mol. The van der Waals surface area contributed by atoms with Gasteiger partial charge in [-0.1, -0.05) is 6.07 Å². The summed E-state index contributed by atoms with van der Waals surface area (Å²) in [6.45, 7) is 2.58. The van der Waals surface area contributed by atoms with Crippen LogP contribution in [0.1, 0.15) is 28.2 Å². The van der Waals surface area contributed by atoms with Crippen LogP contribution in [-0.4, -0.2) is 18.8 Å². The molecule has 21 heavy (non-hydrogen) atoms. The zero-order valence-corrected chi connectivity index (χ0v) is 14.2. The summed E-state index contributed by atoms with van der Waals surface area (Å²) in [6, 6.07) is 4.08. The van der Waals surface area contributed by atoms with Gasteiger partial charge in [0.2, 0.25) is 10.0 Å². The number of hydrogen-bond acceptors (Lipinski definition) is 5. The van der Waals surface area contributed by atoms with E-state index in [-0.39, 0.29) is 12.6 Å². The van der Waals surface area contributed by atoms with E-state index in [1.54, 1.807) is 15.6 Å². The zero-order valence-electron chi connectivity index (χ0n) is 11.8. The van der Waals surface area contributed by atoms with E-state index in [0.29, 0.717) is 11.4 Å². The third-order valence-corrected chi connectivity index (χ3v) is 7.83. The normalized spacial score (nSPS) is 15.8. The van der Waals surface area contributed by atoms with Gasteiger partial charge >= 0.3 is 0 Å². The van der Waals surface area contributed by atoms with Gasteiger partial charge in [0.25, 0.3) is 0 Å². The minimum atomic E-state index is -3.47. The predicted octanol–water partition coefficient (Wildman–Crippen LogP) is 2.93. The Morgan fingerprint density at radius 3 is 2.71 bits per heavy atom. The van der Waals surface area contributed by atoms with E-state index >= 15 is 0 Å². The summed E-state index contributed by atoms with van der Waals surface area (Å²) in [5, 5.41) is 3.86. The molecule has 0 bridgehead atoms. The van der Waals surface area contributed by atoms with Gasteiger partial charge in [-0.25, -0.2) is 8.42 Å². The number of nitrogens with zero attached hydrogens (tertiary/aromatic N) is 1. The molecular weight excluding hydrogens is 324 g/mol. The first-order valence-electron chi connectivity index (χ1n) is 6.85. The van der Waals surface area contributed by atoms with Gasteiger partial charge in [-0.15, -0.1) is 22.7 Å². The van der Waals surface area contributed by atoms with E-state index in [2.05, 4.69) is 0 Å². The zero-order chi connectivity index (χ0) is 15.0. The maximum absolute atomic E-state index is 13.1. The number of hydrogen-bond donors (Lipinski definition) is 1. The summed E-state index contributed by atoms with van der Waals surface area (Å²) in [6.07, 6.45) is 1.90. The van der Waals surface area contributed by atoms with Crippen LogP contribution in [0.2, 0.25) is 0 Å². The minimum absolute atomic E-state index is 0.141. The quantitative estimate of drug-likeness (QED) is 0.878. The largest absolute Gasteiger partial charge is 0.326 e. The monoisotopic (exact) mass is 342 g/mol. The lowest BCUT2D eigenvalue weighted by Gasteiger charge is -2.22. The van der Waals surface area contributed by atoms with E-state index in [0.717, 1.165) is 28.2 Å². The van der Waals surface area contributed by atoms with E-state index in [1.807, 2.05) is 29.8 Å². The molecule has 0 aliphatic heterocycles. The SMILES string of the molecule is Cc1csc(CN)c1S(=O)(=O)N(Cc1cccs1)C1CC1. The second kappa shape index (κ2) is 5.81. The summed E-state index contributed by atoms with van der Waals surface area (Å²) in [5.41, 5.74) is 6.52. The van der Waals surface area contributed by atoms with Gasteiger partial charge in [0, 0.05) is 28.9 Å². The molecule has 0 radical (unpaired) electrons.